The number of H-pyrrole nitrogens is 1. The largest absolute Gasteiger partial charge is 0.491 e. The first-order valence-electron chi connectivity index (χ1n) is 11.7. The predicted molar refractivity (Wildman–Crippen MR) is 144 cm³/mol. The highest BCUT2D eigenvalue weighted by atomic mass is 35.5. The van der Waals surface area contributed by atoms with Gasteiger partial charge in [0.05, 0.1) is 11.9 Å². The Morgan fingerprint density at radius 1 is 1.17 bits per heavy atom. The first-order valence-corrected chi connectivity index (χ1v) is 13.0. The van der Waals surface area contributed by atoms with Crippen molar-refractivity contribution in [2.75, 3.05) is 19.7 Å². The van der Waals surface area contributed by atoms with Gasteiger partial charge in [-0.2, -0.15) is 0 Å². The first kappa shape index (κ1) is 25.4. The van der Waals surface area contributed by atoms with Crippen molar-refractivity contribution in [1.82, 2.24) is 14.9 Å². The van der Waals surface area contributed by atoms with E-state index in [0.29, 0.717) is 35.1 Å². The standard InChI is InChI=1S/C27H30ClN3O3S/c1-4-11-31(13-20(32)15-34-21-8-6-19(28)7-9-21)14-24-29-26(33)25-23(16-35-27(25)30-24)22-10-5-17(2)12-18(22)3/h5-10,12,16,20,32H,4,11,13-15H2,1-3H3,(H,29,30,33). The molecule has 0 aliphatic heterocycles. The molecule has 2 aromatic carbocycles. The van der Waals surface area contributed by atoms with Crippen LogP contribution in [0, 0.1) is 13.8 Å². The zero-order valence-corrected chi connectivity index (χ0v) is 21.7. The van der Waals surface area contributed by atoms with Gasteiger partial charge in [0.2, 0.25) is 0 Å². The Morgan fingerprint density at radius 3 is 2.66 bits per heavy atom. The molecule has 0 saturated carbocycles. The average molecular weight is 512 g/mol. The molecule has 0 spiro atoms. The molecule has 35 heavy (non-hydrogen) atoms. The Bertz CT molecular complexity index is 1350. The Hall–Kier alpha value is -2.71. The first-order chi connectivity index (χ1) is 16.8. The van der Waals surface area contributed by atoms with Crippen LogP contribution in [0.1, 0.15) is 30.3 Å². The number of hydrogen-bond acceptors (Lipinski definition) is 6. The molecule has 8 heteroatoms. The molecule has 6 nitrogen and oxygen atoms in total. The lowest BCUT2D eigenvalue weighted by Crippen LogP contribution is -2.36. The lowest BCUT2D eigenvalue weighted by atomic mass is 9.99. The number of nitrogens with one attached hydrogen (secondary N) is 1. The highest BCUT2D eigenvalue weighted by Gasteiger charge is 2.17. The molecule has 2 aromatic heterocycles. The monoisotopic (exact) mass is 511 g/mol. The SMILES string of the molecule is CCCN(Cc1nc2scc(-c3ccc(C)cc3C)c2c(=O)[nH]1)CC(O)COc1ccc(Cl)cc1. The minimum Gasteiger partial charge on any atom is -0.491 e. The van der Waals surface area contributed by atoms with E-state index in [-0.39, 0.29) is 12.2 Å². The molecule has 2 heterocycles. The minimum absolute atomic E-state index is 0.135. The van der Waals surface area contributed by atoms with E-state index in [1.807, 2.05) is 5.38 Å². The van der Waals surface area contributed by atoms with Crippen LogP contribution in [0.4, 0.5) is 0 Å². The lowest BCUT2D eigenvalue weighted by molar-refractivity contribution is 0.0647. The second kappa shape index (κ2) is 11.4. The minimum atomic E-state index is -0.689. The van der Waals surface area contributed by atoms with Crippen LogP contribution in [0.3, 0.4) is 0 Å². The topological polar surface area (TPSA) is 78.5 Å². The second-order valence-electron chi connectivity index (χ2n) is 8.81. The van der Waals surface area contributed by atoms with E-state index in [1.165, 1.54) is 16.9 Å². The van der Waals surface area contributed by atoms with Gasteiger partial charge in [-0.1, -0.05) is 42.3 Å². The van der Waals surface area contributed by atoms with Gasteiger partial charge in [-0.15, -0.1) is 11.3 Å². The number of ether oxygens (including phenoxy) is 1. The summed E-state index contributed by atoms with van der Waals surface area (Å²) >= 11 is 7.39. The van der Waals surface area contributed by atoms with E-state index in [0.717, 1.165) is 34.5 Å². The number of aliphatic hydroxyl groups excluding tert-OH is 1. The summed E-state index contributed by atoms with van der Waals surface area (Å²) < 4.78 is 5.68. The van der Waals surface area contributed by atoms with E-state index in [9.17, 15) is 9.90 Å². The zero-order valence-electron chi connectivity index (χ0n) is 20.2. The van der Waals surface area contributed by atoms with Crippen molar-refractivity contribution in [3.63, 3.8) is 0 Å². The third kappa shape index (κ3) is 6.30. The van der Waals surface area contributed by atoms with Crippen molar-refractivity contribution in [3.8, 4) is 16.9 Å². The summed E-state index contributed by atoms with van der Waals surface area (Å²) in [6.07, 6.45) is 0.220. The Morgan fingerprint density at radius 2 is 1.94 bits per heavy atom. The Kier molecular flexibility index (Phi) is 8.23. The van der Waals surface area contributed by atoms with Crippen LogP contribution in [0.2, 0.25) is 5.02 Å². The third-order valence-corrected chi connectivity index (χ3v) is 6.93. The zero-order chi connectivity index (χ0) is 24.9. The van der Waals surface area contributed by atoms with Crippen molar-refractivity contribution in [3.05, 3.63) is 80.2 Å². The van der Waals surface area contributed by atoms with Gasteiger partial charge in [0.15, 0.2) is 0 Å². The summed E-state index contributed by atoms with van der Waals surface area (Å²) in [7, 11) is 0. The lowest BCUT2D eigenvalue weighted by Gasteiger charge is -2.24. The number of rotatable bonds is 10. The van der Waals surface area contributed by atoms with Crippen molar-refractivity contribution >= 4 is 33.2 Å². The number of halogens is 1. The van der Waals surface area contributed by atoms with Gasteiger partial charge < -0.3 is 14.8 Å². The highest BCUT2D eigenvalue weighted by molar-refractivity contribution is 7.17. The molecule has 0 aliphatic carbocycles. The molecule has 184 valence electrons. The molecule has 0 bridgehead atoms. The number of fused-ring (bicyclic) bond motifs is 1. The van der Waals surface area contributed by atoms with E-state index in [4.69, 9.17) is 21.3 Å². The average Bonchev–Trinajstić information content (AvgIpc) is 3.23. The molecular formula is C27H30ClN3O3S. The maximum atomic E-state index is 13.1. The molecule has 4 aromatic rings. The Labute approximate surface area is 214 Å². The van der Waals surface area contributed by atoms with E-state index < -0.39 is 6.10 Å². The molecule has 0 fully saturated rings. The van der Waals surface area contributed by atoms with Gasteiger partial charge in [-0.3, -0.25) is 9.69 Å². The van der Waals surface area contributed by atoms with Crippen LogP contribution in [0.5, 0.6) is 5.75 Å². The van der Waals surface area contributed by atoms with Gasteiger partial charge in [-0.25, -0.2) is 4.98 Å². The number of nitrogens with zero attached hydrogens (tertiary/aromatic N) is 2. The fourth-order valence-corrected chi connectivity index (χ4v) is 5.30. The maximum absolute atomic E-state index is 13.1. The summed E-state index contributed by atoms with van der Waals surface area (Å²) in [5.74, 6) is 1.25. The fourth-order valence-electron chi connectivity index (χ4n) is 4.22. The smallest absolute Gasteiger partial charge is 0.260 e. The molecular weight excluding hydrogens is 482 g/mol. The van der Waals surface area contributed by atoms with Crippen LogP contribution in [0.15, 0.2) is 52.6 Å². The number of aliphatic hydroxyl groups is 1. The number of hydrogen-bond donors (Lipinski definition) is 2. The number of thiophene rings is 1. The molecule has 0 radical (unpaired) electrons. The number of aromatic amines is 1. The molecule has 4 rings (SSSR count). The fraction of sp³-hybridized carbons (Fsp3) is 0.333. The van der Waals surface area contributed by atoms with E-state index >= 15 is 0 Å². The quantitative estimate of drug-likeness (QED) is 0.291. The van der Waals surface area contributed by atoms with Crippen LogP contribution >= 0.6 is 22.9 Å². The van der Waals surface area contributed by atoms with E-state index in [2.05, 4.69) is 48.9 Å². The molecule has 2 N–H and O–H groups in total. The van der Waals surface area contributed by atoms with Crippen LogP contribution < -0.4 is 10.3 Å². The molecule has 1 unspecified atom stereocenters. The van der Waals surface area contributed by atoms with Crippen molar-refractivity contribution in [2.45, 2.75) is 39.8 Å². The van der Waals surface area contributed by atoms with Crippen LogP contribution in [0.25, 0.3) is 21.3 Å². The van der Waals surface area contributed by atoms with Crippen molar-refractivity contribution in [1.29, 1.82) is 0 Å². The number of benzene rings is 2. The summed E-state index contributed by atoms with van der Waals surface area (Å²) in [6.45, 7) is 7.97. The van der Waals surface area contributed by atoms with Crippen LogP contribution in [-0.4, -0.2) is 45.8 Å². The predicted octanol–water partition coefficient (Wildman–Crippen LogP) is 5.57. The van der Waals surface area contributed by atoms with Crippen molar-refractivity contribution in [2.24, 2.45) is 0 Å². The number of aryl methyl sites for hydroxylation is 2. The van der Waals surface area contributed by atoms with E-state index in [1.54, 1.807) is 24.3 Å². The summed E-state index contributed by atoms with van der Waals surface area (Å²) in [5.41, 5.74) is 4.17. The second-order valence-corrected chi connectivity index (χ2v) is 10.1. The van der Waals surface area contributed by atoms with Gasteiger partial charge in [0.25, 0.3) is 5.56 Å². The summed E-state index contributed by atoms with van der Waals surface area (Å²) in [6, 6.07) is 13.3. The summed E-state index contributed by atoms with van der Waals surface area (Å²) in [4.78, 5) is 23.6. The maximum Gasteiger partial charge on any atom is 0.260 e. The van der Waals surface area contributed by atoms with Gasteiger partial charge >= 0.3 is 0 Å². The highest BCUT2D eigenvalue weighted by Crippen LogP contribution is 2.33. The van der Waals surface area contributed by atoms with Crippen molar-refractivity contribution < 1.29 is 9.84 Å². The van der Waals surface area contributed by atoms with Crippen LogP contribution in [-0.2, 0) is 6.54 Å². The molecule has 0 amide bonds. The van der Waals surface area contributed by atoms with Gasteiger partial charge in [-0.05, 0) is 62.2 Å². The third-order valence-electron chi connectivity index (χ3n) is 5.80. The molecule has 1 atom stereocenters. The molecule has 0 saturated heterocycles. The number of aromatic nitrogens is 2. The normalized spacial score (nSPS) is 12.4. The van der Waals surface area contributed by atoms with Gasteiger partial charge in [0, 0.05) is 22.5 Å². The van der Waals surface area contributed by atoms with Gasteiger partial charge in [0.1, 0.15) is 29.1 Å². The molecule has 0 aliphatic rings. The summed E-state index contributed by atoms with van der Waals surface area (Å²) in [5, 5.41) is 13.8. The Balaban J connectivity index is 1.48.